The van der Waals surface area contributed by atoms with E-state index in [1.165, 1.54) is 76.8 Å². The highest BCUT2D eigenvalue weighted by Crippen LogP contribution is 2.50. The number of benzene rings is 17. The fourth-order valence-corrected chi connectivity index (χ4v) is 15.5. The molecular formula is C94H62N4. The van der Waals surface area contributed by atoms with E-state index >= 15 is 0 Å². The number of anilines is 6. The van der Waals surface area contributed by atoms with Crippen molar-refractivity contribution in [1.29, 1.82) is 0 Å². The van der Waals surface area contributed by atoms with E-state index < -0.39 is 0 Å². The molecule has 0 unspecified atom stereocenters. The first kappa shape index (κ1) is 56.5. The van der Waals surface area contributed by atoms with Gasteiger partial charge in [-0.05, 0) is 158 Å². The number of hydrogen-bond donors (Lipinski definition) is 0. The summed E-state index contributed by atoms with van der Waals surface area (Å²) in [7, 11) is 0. The average molecular weight is 1250 g/mol. The van der Waals surface area contributed by atoms with Crippen LogP contribution in [0.15, 0.2) is 376 Å². The molecule has 0 amide bonds. The lowest BCUT2D eigenvalue weighted by molar-refractivity contribution is 1.19. The molecule has 0 aliphatic rings. The Labute approximate surface area is 568 Å². The molecule has 17 aromatic carbocycles. The Kier molecular flexibility index (Phi) is 13.5. The van der Waals surface area contributed by atoms with Crippen LogP contribution in [0.2, 0.25) is 0 Å². The topological polar surface area (TPSA) is 16.3 Å². The third-order valence-corrected chi connectivity index (χ3v) is 20.0. The predicted molar refractivity (Wildman–Crippen MR) is 416 cm³/mol. The van der Waals surface area contributed by atoms with Crippen LogP contribution < -0.4 is 9.80 Å². The first-order valence-corrected chi connectivity index (χ1v) is 33.7. The summed E-state index contributed by atoms with van der Waals surface area (Å²) in [4.78, 5) is 5.00. The van der Waals surface area contributed by atoms with E-state index in [0.717, 1.165) is 99.9 Å². The van der Waals surface area contributed by atoms with E-state index in [1.807, 2.05) is 0 Å². The molecule has 0 N–H and O–H groups in total. The van der Waals surface area contributed by atoms with Crippen molar-refractivity contribution >= 4 is 121 Å². The maximum absolute atomic E-state index is 2.50. The molecule has 4 heteroatoms. The van der Waals surface area contributed by atoms with Crippen molar-refractivity contribution in [3.63, 3.8) is 0 Å². The normalized spacial score (nSPS) is 11.7. The Hall–Kier alpha value is -13.0. The summed E-state index contributed by atoms with van der Waals surface area (Å²) in [6.07, 6.45) is 0. The van der Waals surface area contributed by atoms with Crippen molar-refractivity contribution < 1.29 is 0 Å². The zero-order valence-electron chi connectivity index (χ0n) is 53.6. The summed E-state index contributed by atoms with van der Waals surface area (Å²) in [5.41, 5.74) is 22.7. The minimum Gasteiger partial charge on any atom is -0.309 e. The van der Waals surface area contributed by atoms with Crippen LogP contribution in [-0.4, -0.2) is 9.13 Å². The van der Waals surface area contributed by atoms with Crippen molar-refractivity contribution in [2.24, 2.45) is 0 Å². The van der Waals surface area contributed by atoms with Gasteiger partial charge >= 0.3 is 0 Å². The lowest BCUT2D eigenvalue weighted by atomic mass is 10.0. The second kappa shape index (κ2) is 23.5. The molecule has 0 aliphatic carbocycles. The summed E-state index contributed by atoms with van der Waals surface area (Å²) in [6.45, 7) is 0. The lowest BCUT2D eigenvalue weighted by Gasteiger charge is -2.32. The molecule has 0 saturated carbocycles. The molecule has 458 valence electrons. The second-order valence-electron chi connectivity index (χ2n) is 25.5. The van der Waals surface area contributed by atoms with Crippen LogP contribution in [-0.2, 0) is 0 Å². The minimum absolute atomic E-state index is 1.02. The Balaban J connectivity index is 0.812. The molecular weight excluding hydrogens is 1190 g/mol. The summed E-state index contributed by atoms with van der Waals surface area (Å²) >= 11 is 0. The van der Waals surface area contributed by atoms with Crippen molar-refractivity contribution in [2.45, 2.75) is 0 Å². The number of rotatable bonds is 12. The van der Waals surface area contributed by atoms with Crippen LogP contribution >= 0.6 is 0 Å². The van der Waals surface area contributed by atoms with Gasteiger partial charge in [0, 0.05) is 65.2 Å². The molecule has 0 saturated heterocycles. The number of nitrogens with zero attached hydrogens (tertiary/aromatic N) is 4. The van der Waals surface area contributed by atoms with Gasteiger partial charge in [-0.25, -0.2) is 0 Å². The van der Waals surface area contributed by atoms with Gasteiger partial charge in [0.15, 0.2) is 0 Å². The molecule has 0 fully saturated rings. The van der Waals surface area contributed by atoms with Gasteiger partial charge in [-0.3, -0.25) is 0 Å². The maximum atomic E-state index is 2.50. The first-order valence-electron chi connectivity index (χ1n) is 33.7. The van der Waals surface area contributed by atoms with E-state index in [0.29, 0.717) is 0 Å². The van der Waals surface area contributed by atoms with E-state index in [4.69, 9.17) is 0 Å². The van der Waals surface area contributed by atoms with Gasteiger partial charge in [0.25, 0.3) is 0 Å². The van der Waals surface area contributed by atoms with Crippen LogP contribution in [0.25, 0.3) is 143 Å². The molecule has 19 rings (SSSR count). The predicted octanol–water partition coefficient (Wildman–Crippen LogP) is 26.1. The van der Waals surface area contributed by atoms with Gasteiger partial charge in [0.1, 0.15) is 0 Å². The smallest absolute Gasteiger partial charge is 0.0542 e. The fraction of sp³-hybridized carbons (Fsp3) is 0. The summed E-state index contributed by atoms with van der Waals surface area (Å²) in [6, 6.07) is 139. The molecule has 2 aromatic heterocycles. The first-order chi connectivity index (χ1) is 48.6. The zero-order chi connectivity index (χ0) is 64.6. The van der Waals surface area contributed by atoms with E-state index in [9.17, 15) is 0 Å². The quantitative estimate of drug-likeness (QED) is 0.121. The van der Waals surface area contributed by atoms with Crippen molar-refractivity contribution in [2.75, 3.05) is 9.80 Å². The highest BCUT2D eigenvalue weighted by molar-refractivity contribution is 6.17. The molecule has 0 aliphatic heterocycles. The monoisotopic (exact) mass is 1250 g/mol. The van der Waals surface area contributed by atoms with Crippen LogP contribution in [0, 0.1) is 0 Å². The molecule has 98 heavy (non-hydrogen) atoms. The Bertz CT molecular complexity index is 5720. The Morgan fingerprint density at radius 1 is 0.163 bits per heavy atom. The Morgan fingerprint density at radius 2 is 0.439 bits per heavy atom. The standard InChI is InChI=1S/C94H62N4/c1-5-24-63(25-6-1)69-46-50-91-81(58-69)82-59-70(64-26-7-2-8-27-64)47-51-92(82)97(91)89-56-54-87(77-40-17-19-42-79(77)89)95(85-44-21-34-67-32-13-15-38-75(67)85)73-36-23-37-74(62-73)96(86-45-22-35-68-33-14-16-39-76(68)86)88-55-57-90(80-43-20-18-41-78(80)88)98-93-52-48-71(65-28-9-3-10-29-65)60-83(93)84-61-72(49-53-94(84)98)66-30-11-4-12-31-66/h1-62H. The van der Waals surface area contributed by atoms with Gasteiger partial charge in [-0.15, -0.1) is 0 Å². The fourth-order valence-electron chi connectivity index (χ4n) is 15.5. The SMILES string of the molecule is c1ccc(-c2ccc3c(c2)c2cc(-c4ccccc4)ccc2n3-c2ccc(N(c3cccc(N(c4cccc5ccccc45)c4ccc(-n5c6ccc(-c7ccccc7)cc6c6cc(-c7ccccc7)ccc65)c5ccccc45)c3)c3cccc4ccccc34)c3ccccc23)cc1. The second-order valence-corrected chi connectivity index (χ2v) is 25.5. The van der Waals surface area contributed by atoms with Gasteiger partial charge in [0.2, 0.25) is 0 Å². The van der Waals surface area contributed by atoms with Crippen molar-refractivity contribution in [3.8, 4) is 55.9 Å². The molecule has 0 radical (unpaired) electrons. The minimum atomic E-state index is 1.02. The van der Waals surface area contributed by atoms with Crippen molar-refractivity contribution in [3.05, 3.63) is 376 Å². The van der Waals surface area contributed by atoms with Gasteiger partial charge in [0.05, 0.1) is 56.2 Å². The average Bonchev–Trinajstić information content (AvgIpc) is 1.49. The summed E-state index contributed by atoms with van der Waals surface area (Å²) in [5, 5.41) is 14.0. The highest BCUT2D eigenvalue weighted by Gasteiger charge is 2.26. The van der Waals surface area contributed by atoms with Gasteiger partial charge in [-0.1, -0.05) is 273 Å². The van der Waals surface area contributed by atoms with E-state index in [2.05, 4.69) is 395 Å². The highest BCUT2D eigenvalue weighted by atomic mass is 15.2. The molecule has 4 nitrogen and oxygen atoms in total. The zero-order valence-corrected chi connectivity index (χ0v) is 53.6. The molecule has 0 bridgehead atoms. The molecule has 19 aromatic rings. The third kappa shape index (κ3) is 9.45. The molecule has 2 heterocycles. The third-order valence-electron chi connectivity index (χ3n) is 20.0. The largest absolute Gasteiger partial charge is 0.309 e. The number of aromatic nitrogens is 2. The van der Waals surface area contributed by atoms with Crippen LogP contribution in [0.4, 0.5) is 34.1 Å². The lowest BCUT2D eigenvalue weighted by Crippen LogP contribution is -2.14. The van der Waals surface area contributed by atoms with Crippen LogP contribution in [0.3, 0.4) is 0 Å². The van der Waals surface area contributed by atoms with Crippen LogP contribution in [0.1, 0.15) is 0 Å². The van der Waals surface area contributed by atoms with E-state index in [1.54, 1.807) is 0 Å². The van der Waals surface area contributed by atoms with E-state index in [-0.39, 0.29) is 0 Å². The molecule has 0 atom stereocenters. The molecule has 0 spiro atoms. The summed E-state index contributed by atoms with van der Waals surface area (Å²) < 4.78 is 4.98. The van der Waals surface area contributed by atoms with Crippen molar-refractivity contribution in [1.82, 2.24) is 9.13 Å². The number of hydrogen-bond acceptors (Lipinski definition) is 2. The van der Waals surface area contributed by atoms with Gasteiger partial charge in [-0.2, -0.15) is 0 Å². The van der Waals surface area contributed by atoms with Gasteiger partial charge < -0.3 is 18.9 Å². The maximum Gasteiger partial charge on any atom is 0.0542 e. The number of fused-ring (bicyclic) bond motifs is 10. The Morgan fingerprint density at radius 3 is 0.786 bits per heavy atom. The summed E-state index contributed by atoms with van der Waals surface area (Å²) in [5.74, 6) is 0. The van der Waals surface area contributed by atoms with Crippen LogP contribution in [0.5, 0.6) is 0 Å².